The summed E-state index contributed by atoms with van der Waals surface area (Å²) in [7, 11) is 0. The second-order valence-corrected chi connectivity index (χ2v) is 6.14. The van der Waals surface area contributed by atoms with Crippen LogP contribution in [0.5, 0.6) is 0 Å². The van der Waals surface area contributed by atoms with Gasteiger partial charge in [0.2, 0.25) is 0 Å². The number of aromatic nitrogens is 3. The van der Waals surface area contributed by atoms with E-state index in [4.69, 9.17) is 4.74 Å². The fraction of sp³-hybridized carbons (Fsp3) is 0.100. The Bertz CT molecular complexity index is 1300. The van der Waals surface area contributed by atoms with Crippen LogP contribution in [0.4, 0.5) is 0 Å². The molecule has 4 rings (SSSR count). The van der Waals surface area contributed by atoms with Gasteiger partial charge in [0.1, 0.15) is 17.9 Å². The second kappa shape index (κ2) is 6.53. The van der Waals surface area contributed by atoms with E-state index in [1.54, 1.807) is 36.5 Å². The van der Waals surface area contributed by atoms with E-state index in [0.29, 0.717) is 22.2 Å². The summed E-state index contributed by atoms with van der Waals surface area (Å²) >= 11 is 0. The van der Waals surface area contributed by atoms with Gasteiger partial charge in [-0.15, -0.1) is 0 Å². The Kier molecular flexibility index (Phi) is 4.04. The predicted octanol–water partition coefficient (Wildman–Crippen LogP) is 2.20. The molecule has 134 valence electrons. The second-order valence-electron chi connectivity index (χ2n) is 6.14. The molecule has 0 atom stereocenters. The number of H-pyrrole nitrogens is 1. The molecule has 3 heterocycles. The van der Waals surface area contributed by atoms with Gasteiger partial charge in [0.25, 0.3) is 5.56 Å². The minimum Gasteiger partial charge on any atom is -0.455 e. The lowest BCUT2D eigenvalue weighted by Gasteiger charge is -2.08. The number of carbonyl (C=O) groups is 1. The Labute approximate surface area is 152 Å². The molecular formula is C20H15N3O4. The number of nitrogens with zero attached hydrogens (tertiary/aromatic N) is 2. The molecular weight excluding hydrogens is 346 g/mol. The van der Waals surface area contributed by atoms with Crippen LogP contribution in [-0.2, 0) is 11.3 Å². The standard InChI is InChI=1S/C20H15N3O4/c1-12-5-4-8-23-18(25)9-13(21-19(12)23)11-27-20(26)16-10-17(24)14-6-2-3-7-15(14)22-16/h2-10H,11H2,1H3,(H,22,24). The van der Waals surface area contributed by atoms with E-state index < -0.39 is 5.97 Å². The summed E-state index contributed by atoms with van der Waals surface area (Å²) in [5.41, 5.74) is 1.76. The third kappa shape index (κ3) is 3.10. The smallest absolute Gasteiger partial charge is 0.355 e. The van der Waals surface area contributed by atoms with Crippen molar-refractivity contribution in [1.82, 2.24) is 14.4 Å². The minimum atomic E-state index is -0.690. The largest absolute Gasteiger partial charge is 0.455 e. The highest BCUT2D eigenvalue weighted by atomic mass is 16.5. The van der Waals surface area contributed by atoms with E-state index in [-0.39, 0.29) is 23.3 Å². The van der Waals surface area contributed by atoms with Crippen LogP contribution in [0.25, 0.3) is 16.6 Å². The summed E-state index contributed by atoms with van der Waals surface area (Å²) in [6.45, 7) is 1.67. The number of pyridine rings is 2. The number of hydrogen-bond donors (Lipinski definition) is 1. The minimum absolute atomic E-state index is 0.0485. The number of fused-ring (bicyclic) bond motifs is 2. The number of nitrogens with one attached hydrogen (secondary N) is 1. The van der Waals surface area contributed by atoms with Crippen molar-refractivity contribution in [3.8, 4) is 0 Å². The zero-order chi connectivity index (χ0) is 19.0. The third-order valence-electron chi connectivity index (χ3n) is 4.25. The molecule has 0 aliphatic rings. The molecule has 0 saturated carbocycles. The summed E-state index contributed by atoms with van der Waals surface area (Å²) in [4.78, 5) is 43.9. The number of carbonyl (C=O) groups excluding carboxylic acids is 1. The van der Waals surface area contributed by atoms with Gasteiger partial charge in [-0.05, 0) is 30.7 Å². The number of rotatable bonds is 3. The van der Waals surface area contributed by atoms with Crippen LogP contribution in [-0.4, -0.2) is 20.3 Å². The Balaban J connectivity index is 1.61. The van der Waals surface area contributed by atoms with Gasteiger partial charge >= 0.3 is 5.97 Å². The lowest BCUT2D eigenvalue weighted by Crippen LogP contribution is -2.18. The molecule has 4 aromatic rings. The van der Waals surface area contributed by atoms with E-state index >= 15 is 0 Å². The number of esters is 1. The highest BCUT2D eigenvalue weighted by Crippen LogP contribution is 2.10. The summed E-state index contributed by atoms with van der Waals surface area (Å²) < 4.78 is 6.67. The number of aromatic amines is 1. The molecule has 1 aromatic carbocycles. The molecule has 7 heteroatoms. The van der Waals surface area contributed by atoms with Crippen LogP contribution in [0.2, 0.25) is 0 Å². The maximum absolute atomic E-state index is 12.3. The van der Waals surface area contributed by atoms with Crippen molar-refractivity contribution in [1.29, 1.82) is 0 Å². The van der Waals surface area contributed by atoms with Gasteiger partial charge in [0, 0.05) is 29.2 Å². The molecule has 0 bridgehead atoms. The first-order chi connectivity index (χ1) is 13.0. The summed E-state index contributed by atoms with van der Waals surface area (Å²) in [5, 5.41) is 0.494. The van der Waals surface area contributed by atoms with E-state index in [0.717, 1.165) is 5.56 Å². The Hall–Kier alpha value is -3.74. The van der Waals surface area contributed by atoms with Gasteiger partial charge < -0.3 is 9.72 Å². The first kappa shape index (κ1) is 16.7. The average Bonchev–Trinajstić information content (AvgIpc) is 2.67. The van der Waals surface area contributed by atoms with Crippen molar-refractivity contribution in [3.63, 3.8) is 0 Å². The fourth-order valence-corrected chi connectivity index (χ4v) is 2.91. The van der Waals surface area contributed by atoms with Crippen LogP contribution < -0.4 is 11.0 Å². The van der Waals surface area contributed by atoms with E-state index in [1.807, 2.05) is 13.0 Å². The van der Waals surface area contributed by atoms with Crippen LogP contribution in [0.3, 0.4) is 0 Å². The van der Waals surface area contributed by atoms with Gasteiger partial charge in [-0.3, -0.25) is 14.0 Å². The number of aryl methyl sites for hydroxylation is 1. The summed E-state index contributed by atoms with van der Waals surface area (Å²) in [6.07, 6.45) is 1.63. The Morgan fingerprint density at radius 2 is 1.96 bits per heavy atom. The molecule has 0 saturated heterocycles. The third-order valence-corrected chi connectivity index (χ3v) is 4.25. The first-order valence-electron chi connectivity index (χ1n) is 8.30. The van der Waals surface area contributed by atoms with E-state index in [2.05, 4.69) is 9.97 Å². The highest BCUT2D eigenvalue weighted by Gasteiger charge is 2.12. The van der Waals surface area contributed by atoms with Gasteiger partial charge in [-0.25, -0.2) is 9.78 Å². The number of benzene rings is 1. The fourth-order valence-electron chi connectivity index (χ4n) is 2.91. The quantitative estimate of drug-likeness (QED) is 0.565. The van der Waals surface area contributed by atoms with Crippen molar-refractivity contribution in [3.05, 3.63) is 92.3 Å². The van der Waals surface area contributed by atoms with Gasteiger partial charge in [0.15, 0.2) is 5.43 Å². The molecule has 0 aliphatic heterocycles. The first-order valence-corrected chi connectivity index (χ1v) is 8.30. The van der Waals surface area contributed by atoms with Gasteiger partial charge in [-0.2, -0.15) is 0 Å². The molecule has 27 heavy (non-hydrogen) atoms. The lowest BCUT2D eigenvalue weighted by molar-refractivity contribution is 0.0461. The van der Waals surface area contributed by atoms with Crippen LogP contribution in [0, 0.1) is 6.92 Å². The van der Waals surface area contributed by atoms with Crippen molar-refractivity contribution in [2.45, 2.75) is 13.5 Å². The summed E-state index contributed by atoms with van der Waals surface area (Å²) in [6, 6.07) is 13.0. The molecule has 0 unspecified atom stereocenters. The number of hydrogen-bond acceptors (Lipinski definition) is 5. The van der Waals surface area contributed by atoms with Crippen LogP contribution >= 0.6 is 0 Å². The Morgan fingerprint density at radius 1 is 1.15 bits per heavy atom. The normalized spacial score (nSPS) is 11.0. The van der Waals surface area contributed by atoms with Gasteiger partial charge in [0.05, 0.1) is 5.69 Å². The molecule has 1 N–H and O–H groups in total. The zero-order valence-electron chi connectivity index (χ0n) is 14.4. The molecule has 0 radical (unpaired) electrons. The SMILES string of the molecule is Cc1cccn2c(=O)cc(COC(=O)c3cc(=O)c4ccccc4[nH]3)nc12. The molecule has 0 amide bonds. The average molecular weight is 361 g/mol. The zero-order valence-corrected chi connectivity index (χ0v) is 14.4. The molecule has 0 fully saturated rings. The number of para-hydroxylation sites is 1. The topological polar surface area (TPSA) is 93.5 Å². The van der Waals surface area contributed by atoms with Crippen molar-refractivity contribution < 1.29 is 9.53 Å². The highest BCUT2D eigenvalue weighted by molar-refractivity contribution is 5.90. The van der Waals surface area contributed by atoms with Crippen molar-refractivity contribution in [2.75, 3.05) is 0 Å². The van der Waals surface area contributed by atoms with Crippen molar-refractivity contribution >= 4 is 22.5 Å². The van der Waals surface area contributed by atoms with Crippen LogP contribution in [0.15, 0.2) is 64.3 Å². The number of ether oxygens (including phenoxy) is 1. The molecule has 0 spiro atoms. The van der Waals surface area contributed by atoms with Crippen LogP contribution in [0.1, 0.15) is 21.7 Å². The van der Waals surface area contributed by atoms with Gasteiger partial charge in [-0.1, -0.05) is 18.2 Å². The maximum Gasteiger partial charge on any atom is 0.355 e. The summed E-state index contributed by atoms with van der Waals surface area (Å²) in [5.74, 6) is -0.690. The van der Waals surface area contributed by atoms with E-state index in [1.165, 1.54) is 16.5 Å². The molecule has 3 aromatic heterocycles. The van der Waals surface area contributed by atoms with Crippen molar-refractivity contribution in [2.24, 2.45) is 0 Å². The molecule has 0 aliphatic carbocycles. The maximum atomic E-state index is 12.3. The molecule has 7 nitrogen and oxygen atoms in total. The Morgan fingerprint density at radius 3 is 2.81 bits per heavy atom. The van der Waals surface area contributed by atoms with E-state index in [9.17, 15) is 14.4 Å². The predicted molar refractivity (Wildman–Crippen MR) is 99.9 cm³/mol. The monoisotopic (exact) mass is 361 g/mol. The lowest BCUT2D eigenvalue weighted by atomic mass is 10.2.